The van der Waals surface area contributed by atoms with Gasteiger partial charge in [-0.2, -0.15) is 0 Å². The van der Waals surface area contributed by atoms with Gasteiger partial charge in [0, 0.05) is 24.8 Å². The number of hydrogen-bond donors (Lipinski definition) is 2. The Balaban J connectivity index is 3.11. The summed E-state index contributed by atoms with van der Waals surface area (Å²) in [6, 6.07) is 4.27. The molecule has 0 aliphatic rings. The second-order valence-corrected chi connectivity index (χ2v) is 3.95. The van der Waals surface area contributed by atoms with Crippen molar-refractivity contribution in [2.75, 3.05) is 24.6 Å². The van der Waals surface area contributed by atoms with Crippen molar-refractivity contribution in [1.29, 1.82) is 0 Å². The van der Waals surface area contributed by atoms with Crippen LogP contribution in [0.5, 0.6) is 0 Å². The third-order valence-electron chi connectivity index (χ3n) is 2.54. The van der Waals surface area contributed by atoms with Gasteiger partial charge in [0.15, 0.2) is 0 Å². The number of nitrogens with two attached hydrogens (primary N) is 1. The molecule has 0 saturated heterocycles. The predicted octanol–water partition coefficient (Wildman–Crippen LogP) is 1.83. The van der Waals surface area contributed by atoms with Crippen molar-refractivity contribution < 1.29 is 9.50 Å². The van der Waals surface area contributed by atoms with Crippen LogP contribution < -0.4 is 10.6 Å². The lowest BCUT2D eigenvalue weighted by atomic mass is 10.1. The molecule has 1 aromatic carbocycles. The maximum absolute atomic E-state index is 13.2. The highest BCUT2D eigenvalue weighted by Crippen LogP contribution is 2.26. The van der Waals surface area contributed by atoms with E-state index < -0.39 is 0 Å². The summed E-state index contributed by atoms with van der Waals surface area (Å²) in [7, 11) is 0. The SMILES string of the molecule is C=CCN(CCO)c1ccc(F)cc1[C@@H](C)N. The first-order valence-electron chi connectivity index (χ1n) is 5.62. The van der Waals surface area contributed by atoms with Crippen molar-refractivity contribution >= 4 is 5.69 Å². The maximum atomic E-state index is 13.2. The van der Waals surface area contributed by atoms with Crippen LogP contribution in [-0.2, 0) is 0 Å². The summed E-state index contributed by atoms with van der Waals surface area (Å²) in [4.78, 5) is 1.92. The van der Waals surface area contributed by atoms with Gasteiger partial charge in [0.2, 0.25) is 0 Å². The molecule has 17 heavy (non-hydrogen) atoms. The van der Waals surface area contributed by atoms with Crippen LogP contribution in [0.15, 0.2) is 30.9 Å². The van der Waals surface area contributed by atoms with Gasteiger partial charge in [0.05, 0.1) is 6.61 Å². The highest BCUT2D eigenvalue weighted by molar-refractivity contribution is 5.55. The monoisotopic (exact) mass is 238 g/mol. The number of halogens is 1. The van der Waals surface area contributed by atoms with Crippen molar-refractivity contribution in [2.45, 2.75) is 13.0 Å². The number of hydrogen-bond acceptors (Lipinski definition) is 3. The van der Waals surface area contributed by atoms with E-state index in [2.05, 4.69) is 6.58 Å². The molecule has 94 valence electrons. The fourth-order valence-electron chi connectivity index (χ4n) is 1.76. The molecule has 0 bridgehead atoms. The van der Waals surface area contributed by atoms with Gasteiger partial charge in [-0.05, 0) is 30.7 Å². The van der Waals surface area contributed by atoms with Crippen LogP contribution in [0, 0.1) is 5.82 Å². The molecule has 0 aliphatic heterocycles. The Morgan fingerprint density at radius 2 is 2.29 bits per heavy atom. The number of aliphatic hydroxyl groups is 1. The summed E-state index contributed by atoms with van der Waals surface area (Å²) in [5.41, 5.74) is 7.41. The first-order valence-corrected chi connectivity index (χ1v) is 5.62. The average Bonchev–Trinajstić information content (AvgIpc) is 2.28. The number of nitrogens with zero attached hydrogens (tertiary/aromatic N) is 1. The average molecular weight is 238 g/mol. The number of anilines is 1. The molecule has 0 saturated carbocycles. The smallest absolute Gasteiger partial charge is 0.123 e. The fraction of sp³-hybridized carbons (Fsp3) is 0.385. The normalized spacial score (nSPS) is 12.2. The molecule has 1 rings (SSSR count). The van der Waals surface area contributed by atoms with E-state index in [9.17, 15) is 4.39 Å². The molecule has 0 unspecified atom stereocenters. The lowest BCUT2D eigenvalue weighted by Crippen LogP contribution is -2.28. The van der Waals surface area contributed by atoms with E-state index in [-0.39, 0.29) is 18.5 Å². The Bertz CT molecular complexity index is 380. The Hall–Kier alpha value is -1.39. The molecule has 1 aromatic rings. The van der Waals surface area contributed by atoms with Gasteiger partial charge >= 0.3 is 0 Å². The lowest BCUT2D eigenvalue weighted by molar-refractivity contribution is 0.303. The van der Waals surface area contributed by atoms with Crippen molar-refractivity contribution in [3.05, 3.63) is 42.2 Å². The summed E-state index contributed by atoms with van der Waals surface area (Å²) in [6.07, 6.45) is 1.74. The number of rotatable bonds is 6. The molecule has 3 N–H and O–H groups in total. The van der Waals surface area contributed by atoms with Gasteiger partial charge in [-0.15, -0.1) is 6.58 Å². The lowest BCUT2D eigenvalue weighted by Gasteiger charge is -2.26. The van der Waals surface area contributed by atoms with Crippen LogP contribution in [0.4, 0.5) is 10.1 Å². The van der Waals surface area contributed by atoms with Gasteiger partial charge < -0.3 is 15.7 Å². The van der Waals surface area contributed by atoms with Crippen LogP contribution >= 0.6 is 0 Å². The van der Waals surface area contributed by atoms with E-state index in [0.29, 0.717) is 13.1 Å². The minimum Gasteiger partial charge on any atom is -0.395 e. The van der Waals surface area contributed by atoms with Crippen LogP contribution in [0.1, 0.15) is 18.5 Å². The zero-order chi connectivity index (χ0) is 12.8. The topological polar surface area (TPSA) is 49.5 Å². The van der Waals surface area contributed by atoms with Crippen molar-refractivity contribution in [2.24, 2.45) is 5.73 Å². The van der Waals surface area contributed by atoms with E-state index in [1.54, 1.807) is 12.1 Å². The summed E-state index contributed by atoms with van der Waals surface area (Å²) >= 11 is 0. The molecular formula is C13H19FN2O. The van der Waals surface area contributed by atoms with Crippen LogP contribution in [0.3, 0.4) is 0 Å². The van der Waals surface area contributed by atoms with E-state index in [4.69, 9.17) is 10.8 Å². The van der Waals surface area contributed by atoms with E-state index >= 15 is 0 Å². The molecule has 0 spiro atoms. The quantitative estimate of drug-likeness (QED) is 0.743. The summed E-state index contributed by atoms with van der Waals surface area (Å²) < 4.78 is 13.2. The largest absolute Gasteiger partial charge is 0.395 e. The Labute approximate surface area is 101 Å². The molecule has 0 aromatic heterocycles. The maximum Gasteiger partial charge on any atom is 0.123 e. The zero-order valence-corrected chi connectivity index (χ0v) is 10.1. The van der Waals surface area contributed by atoms with Crippen molar-refractivity contribution in [3.63, 3.8) is 0 Å². The molecule has 0 heterocycles. The molecule has 3 nitrogen and oxygen atoms in total. The number of benzene rings is 1. The number of aliphatic hydroxyl groups excluding tert-OH is 1. The fourth-order valence-corrected chi connectivity index (χ4v) is 1.76. The highest BCUT2D eigenvalue weighted by Gasteiger charge is 2.13. The van der Waals surface area contributed by atoms with Gasteiger partial charge in [-0.1, -0.05) is 6.08 Å². The Morgan fingerprint density at radius 1 is 1.59 bits per heavy atom. The predicted molar refractivity (Wildman–Crippen MR) is 68.5 cm³/mol. The minimum atomic E-state index is -0.302. The third kappa shape index (κ3) is 3.54. The summed E-state index contributed by atoms with van der Waals surface area (Å²) in [5.74, 6) is -0.302. The van der Waals surface area contributed by atoms with Gasteiger partial charge in [0.25, 0.3) is 0 Å². The van der Waals surface area contributed by atoms with E-state index in [1.165, 1.54) is 12.1 Å². The Kier molecular flexibility index (Phi) is 5.12. The van der Waals surface area contributed by atoms with Gasteiger partial charge in [-0.3, -0.25) is 0 Å². The van der Waals surface area contributed by atoms with Crippen LogP contribution in [-0.4, -0.2) is 24.8 Å². The zero-order valence-electron chi connectivity index (χ0n) is 10.1. The summed E-state index contributed by atoms with van der Waals surface area (Å²) in [6.45, 7) is 6.57. The van der Waals surface area contributed by atoms with Gasteiger partial charge in [0.1, 0.15) is 5.82 Å². The molecule has 0 radical (unpaired) electrons. The third-order valence-corrected chi connectivity index (χ3v) is 2.54. The molecular weight excluding hydrogens is 219 g/mol. The van der Waals surface area contributed by atoms with E-state index in [0.717, 1.165) is 11.3 Å². The second kappa shape index (κ2) is 6.37. The summed E-state index contributed by atoms with van der Waals surface area (Å²) in [5, 5.41) is 9.03. The van der Waals surface area contributed by atoms with Crippen molar-refractivity contribution in [1.82, 2.24) is 0 Å². The first-order chi connectivity index (χ1) is 8.10. The molecule has 0 amide bonds. The van der Waals surface area contributed by atoms with E-state index in [1.807, 2.05) is 11.8 Å². The van der Waals surface area contributed by atoms with Crippen LogP contribution in [0.2, 0.25) is 0 Å². The van der Waals surface area contributed by atoms with Crippen molar-refractivity contribution in [3.8, 4) is 0 Å². The molecule has 0 aliphatic carbocycles. The first kappa shape index (κ1) is 13.7. The molecule has 1 atom stereocenters. The minimum absolute atomic E-state index is 0.0314. The van der Waals surface area contributed by atoms with Crippen LogP contribution in [0.25, 0.3) is 0 Å². The Morgan fingerprint density at radius 3 is 2.82 bits per heavy atom. The second-order valence-electron chi connectivity index (χ2n) is 3.95. The van der Waals surface area contributed by atoms with Gasteiger partial charge in [-0.25, -0.2) is 4.39 Å². The highest BCUT2D eigenvalue weighted by atomic mass is 19.1. The standard InChI is InChI=1S/C13H19FN2O/c1-3-6-16(7-8-17)13-5-4-11(14)9-12(13)10(2)15/h3-5,9-10,17H,1,6-8,15H2,2H3/t10-/m1/s1. The molecule has 4 heteroatoms. The molecule has 0 fully saturated rings.